The maximum Gasteiger partial charge on any atom is 0.0726 e. The summed E-state index contributed by atoms with van der Waals surface area (Å²) in [5.74, 6) is 0. The molecule has 5 aliphatic rings. The topological polar surface area (TPSA) is 6.48 Å². The average molecular weight is 1410 g/mol. The van der Waals surface area contributed by atoms with Crippen molar-refractivity contribution in [2.24, 2.45) is 0 Å². The van der Waals surface area contributed by atoms with E-state index in [-0.39, 0.29) is 0 Å². The predicted molar refractivity (Wildman–Crippen MR) is 462 cm³/mol. The van der Waals surface area contributed by atoms with Crippen LogP contribution in [-0.4, -0.2) is 0 Å². The van der Waals surface area contributed by atoms with E-state index in [1.54, 1.807) is 0 Å². The van der Waals surface area contributed by atoms with Gasteiger partial charge >= 0.3 is 0 Å². The lowest BCUT2D eigenvalue weighted by Crippen LogP contribution is -2.27. The normalized spacial score (nSPS) is 15.5. The monoisotopic (exact) mass is 1410 g/mol. The summed E-state index contributed by atoms with van der Waals surface area (Å²) in [6.45, 7) is 7.09. The van der Waals surface area contributed by atoms with Gasteiger partial charge in [-0.15, -0.1) is 0 Å². The Morgan fingerprint density at radius 3 is 0.910 bits per heavy atom. The van der Waals surface area contributed by atoms with Crippen molar-refractivity contribution in [1.82, 2.24) is 0 Å². The minimum atomic E-state index is -0.640. The van der Waals surface area contributed by atoms with Crippen LogP contribution in [0.15, 0.2) is 394 Å². The summed E-state index contributed by atoms with van der Waals surface area (Å²) in [5, 5.41) is 0. The van der Waals surface area contributed by atoms with Crippen molar-refractivity contribution in [2.75, 3.05) is 9.80 Å². The highest BCUT2D eigenvalue weighted by Gasteiger charge is 2.54. The van der Waals surface area contributed by atoms with E-state index in [4.69, 9.17) is 0 Å². The van der Waals surface area contributed by atoms with Gasteiger partial charge in [-0.05, 0) is 260 Å². The van der Waals surface area contributed by atoms with Gasteiger partial charge in [0.05, 0.1) is 16.5 Å². The largest absolute Gasteiger partial charge is 0.310 e. The lowest BCUT2D eigenvalue weighted by atomic mass is 9.69. The molecule has 5 aliphatic carbocycles. The van der Waals surface area contributed by atoms with E-state index in [1.165, 1.54) is 161 Å². The Bertz CT molecular complexity index is 6500. The zero-order valence-corrected chi connectivity index (χ0v) is 62.1. The van der Waals surface area contributed by atoms with Crippen molar-refractivity contribution < 1.29 is 0 Å². The third kappa shape index (κ3) is 9.51. The summed E-state index contributed by atoms with van der Waals surface area (Å²) in [6, 6.07) is 150. The molecule has 0 aromatic heterocycles. The van der Waals surface area contributed by atoms with Gasteiger partial charge in [0.25, 0.3) is 0 Å². The van der Waals surface area contributed by atoms with Gasteiger partial charge in [-0.1, -0.05) is 328 Å². The SMILES string of the molecule is Cc1cc(-c2ccccc2)ccc1N(c1ccc2c(c1)C1(c3ccccc3-c3ccc(CC4(C)c5ccccc5-c5ccc(N(c6ccc7c(c6)C6(c8ccccc8-c8ccccc86)c6ccccc6-7)c6ccc(-c7ccccc7)cc6-c6ccccc6)cc54)cc31)c1ccccc1-2)c1ccc(-c2ccccc2)cc1C. The average Bonchev–Trinajstić information content (AvgIpc) is 1.51. The Morgan fingerprint density at radius 1 is 0.198 bits per heavy atom. The number of rotatable bonds is 12. The number of aryl methyl sites for hydroxylation is 2. The molecule has 2 heteroatoms. The van der Waals surface area contributed by atoms with Crippen LogP contribution in [0.1, 0.15) is 79.2 Å². The maximum atomic E-state index is 2.63. The van der Waals surface area contributed by atoms with Gasteiger partial charge in [-0.3, -0.25) is 0 Å². The molecule has 22 rings (SSSR count). The van der Waals surface area contributed by atoms with Gasteiger partial charge in [0.2, 0.25) is 0 Å². The molecule has 0 radical (unpaired) electrons. The van der Waals surface area contributed by atoms with Gasteiger partial charge in [0, 0.05) is 39.4 Å². The molecule has 2 nitrogen and oxygen atoms in total. The molecule has 522 valence electrons. The summed E-state index contributed by atoms with van der Waals surface area (Å²) in [4.78, 5) is 5.12. The van der Waals surface area contributed by atoms with Crippen LogP contribution in [0.25, 0.3) is 100 Å². The lowest BCUT2D eigenvalue weighted by Gasteiger charge is -2.34. The summed E-state index contributed by atoms with van der Waals surface area (Å²) >= 11 is 0. The molecule has 17 aromatic carbocycles. The van der Waals surface area contributed by atoms with Gasteiger partial charge in [-0.25, -0.2) is 0 Å². The molecule has 0 amide bonds. The quantitative estimate of drug-likeness (QED) is 0.120. The number of anilines is 6. The predicted octanol–water partition coefficient (Wildman–Crippen LogP) is 28.1. The van der Waals surface area contributed by atoms with Crippen LogP contribution in [0, 0.1) is 13.8 Å². The van der Waals surface area contributed by atoms with Crippen molar-refractivity contribution in [1.29, 1.82) is 0 Å². The fourth-order valence-electron chi connectivity index (χ4n) is 20.6. The van der Waals surface area contributed by atoms with Crippen LogP contribution in [-0.2, 0) is 22.7 Å². The molecule has 2 unspecified atom stereocenters. The van der Waals surface area contributed by atoms with Crippen molar-refractivity contribution in [3.8, 4) is 100 Å². The Labute approximate surface area is 649 Å². The molecule has 0 bridgehead atoms. The summed E-state index contributed by atoms with van der Waals surface area (Å²) in [7, 11) is 0. The van der Waals surface area contributed by atoms with E-state index in [1.807, 2.05) is 0 Å². The molecule has 0 aliphatic heterocycles. The van der Waals surface area contributed by atoms with E-state index >= 15 is 0 Å². The van der Waals surface area contributed by atoms with Crippen molar-refractivity contribution in [3.63, 3.8) is 0 Å². The number of benzene rings is 17. The second-order valence-electron chi connectivity index (χ2n) is 31.2. The summed E-state index contributed by atoms with van der Waals surface area (Å²) in [5.41, 5.74) is 44.3. The Hall–Kier alpha value is -13.7. The molecular weight excluding hydrogens is 1340 g/mol. The smallest absolute Gasteiger partial charge is 0.0726 e. The fourth-order valence-corrected chi connectivity index (χ4v) is 20.6. The van der Waals surface area contributed by atoms with E-state index in [0.29, 0.717) is 0 Å². The first-order valence-electron chi connectivity index (χ1n) is 39.1. The zero-order chi connectivity index (χ0) is 73.7. The molecular formula is C109H76N2. The molecule has 0 fully saturated rings. The molecule has 2 spiro atoms. The van der Waals surface area contributed by atoms with Gasteiger partial charge in [0.15, 0.2) is 0 Å². The third-order valence-corrected chi connectivity index (χ3v) is 25.4. The highest BCUT2D eigenvalue weighted by Crippen LogP contribution is 2.66. The number of nitrogens with zero attached hydrogens (tertiary/aromatic N) is 2. The van der Waals surface area contributed by atoms with Crippen LogP contribution in [0.5, 0.6) is 0 Å². The molecule has 2 atom stereocenters. The molecule has 0 heterocycles. The fraction of sp³-hybridized carbons (Fsp3) is 0.0642. The molecule has 0 saturated carbocycles. The Kier molecular flexibility index (Phi) is 14.5. The maximum absolute atomic E-state index is 2.63. The third-order valence-electron chi connectivity index (χ3n) is 25.4. The van der Waals surface area contributed by atoms with E-state index in [2.05, 4.69) is 425 Å². The summed E-state index contributed by atoms with van der Waals surface area (Å²) < 4.78 is 0. The molecule has 111 heavy (non-hydrogen) atoms. The van der Waals surface area contributed by atoms with Crippen LogP contribution in [0.2, 0.25) is 0 Å². The van der Waals surface area contributed by atoms with Gasteiger partial charge in [-0.2, -0.15) is 0 Å². The second-order valence-corrected chi connectivity index (χ2v) is 31.2. The standard InChI is InChI=1S/C109H76N2/c1-70-62-77(73-28-8-4-9-29-73)49-59-104(70)111(105-60-50-78(63-71(105)2)74-30-10-5-11-31-74)82-54-58-92-88-41-21-27-47-99(88)109(103(92)68-82)98-46-26-20-39-86(98)90-55-48-72(64-101(90)109)69-107(3)94-42-22-16-36-83(94)89-56-52-80(66-100(89)107)110(106-61-51-79(75-32-12-6-13-33-75)65-93(106)76-34-14-7-15-35-76)81-53-57-91-87-40-19-25-45-97(87)108(102(91)67-81)95-43-23-17-37-84(95)85-38-18-24-44-96(85)108/h4-68H,69H2,1-3H3. The van der Waals surface area contributed by atoms with Crippen LogP contribution in [0.4, 0.5) is 34.1 Å². The number of fused-ring (bicyclic) bond motifs is 23. The van der Waals surface area contributed by atoms with E-state index in [9.17, 15) is 0 Å². The highest BCUT2D eigenvalue weighted by molar-refractivity contribution is 6.01. The highest BCUT2D eigenvalue weighted by atomic mass is 15.2. The molecule has 0 saturated heterocycles. The minimum absolute atomic E-state index is 0.470. The first-order chi connectivity index (χ1) is 54.7. The molecule has 0 N–H and O–H groups in total. The number of hydrogen-bond donors (Lipinski definition) is 0. The first-order valence-corrected chi connectivity index (χ1v) is 39.1. The van der Waals surface area contributed by atoms with E-state index in [0.717, 1.165) is 51.7 Å². The second kappa shape index (κ2) is 25.0. The first kappa shape index (κ1) is 64.5. The van der Waals surface area contributed by atoms with Crippen LogP contribution < -0.4 is 9.80 Å². The van der Waals surface area contributed by atoms with Gasteiger partial charge in [0.1, 0.15) is 0 Å². The Morgan fingerprint density at radius 2 is 0.495 bits per heavy atom. The number of hydrogen-bond acceptors (Lipinski definition) is 2. The van der Waals surface area contributed by atoms with Crippen molar-refractivity contribution in [2.45, 2.75) is 43.4 Å². The van der Waals surface area contributed by atoms with Crippen molar-refractivity contribution in [3.05, 3.63) is 467 Å². The Balaban J connectivity index is 0.722. The van der Waals surface area contributed by atoms with Crippen LogP contribution >= 0.6 is 0 Å². The van der Waals surface area contributed by atoms with Gasteiger partial charge < -0.3 is 9.80 Å². The van der Waals surface area contributed by atoms with Crippen molar-refractivity contribution >= 4 is 34.1 Å². The molecule has 17 aromatic rings. The minimum Gasteiger partial charge on any atom is -0.310 e. The summed E-state index contributed by atoms with van der Waals surface area (Å²) in [6.07, 6.45) is 0.762. The van der Waals surface area contributed by atoms with E-state index < -0.39 is 16.2 Å². The lowest BCUT2D eigenvalue weighted by molar-refractivity contribution is 0.582. The van der Waals surface area contributed by atoms with Crippen LogP contribution in [0.3, 0.4) is 0 Å². The zero-order valence-electron chi connectivity index (χ0n) is 62.1.